The van der Waals surface area contributed by atoms with Crippen LogP contribution in [0.5, 0.6) is 0 Å². The van der Waals surface area contributed by atoms with Crippen LogP contribution in [0.25, 0.3) is 16.9 Å². The molecule has 2 N–H and O–H groups in total. The molecule has 4 aromatic rings. The van der Waals surface area contributed by atoms with Crippen molar-refractivity contribution in [1.82, 2.24) is 34.7 Å². The first-order valence-electron chi connectivity index (χ1n) is 9.60. The van der Waals surface area contributed by atoms with E-state index in [1.165, 1.54) is 16.8 Å². The quantitative estimate of drug-likeness (QED) is 0.512. The molecule has 0 spiro atoms. The molecule has 154 valence electrons. The van der Waals surface area contributed by atoms with Crippen LogP contribution in [0.4, 0.5) is 16.0 Å². The normalized spacial score (nSPS) is 19.3. The lowest BCUT2D eigenvalue weighted by molar-refractivity contribution is 0.108. The molecule has 5 rings (SSSR count). The minimum atomic E-state index is -0.548. The fourth-order valence-corrected chi connectivity index (χ4v) is 3.75. The Bertz CT molecular complexity index is 1200. The average molecular weight is 429 g/mol. The van der Waals surface area contributed by atoms with Gasteiger partial charge in [0, 0.05) is 12.3 Å². The predicted octanol–water partition coefficient (Wildman–Crippen LogP) is 3.42. The van der Waals surface area contributed by atoms with Gasteiger partial charge >= 0.3 is 0 Å². The maximum Gasteiger partial charge on any atom is 0.229 e. The largest absolute Gasteiger partial charge is 0.393 e. The third kappa shape index (κ3) is 3.59. The Hall–Kier alpha value is -3.11. The molecule has 1 aliphatic rings. The lowest BCUT2D eigenvalue weighted by Crippen LogP contribution is -2.21. The number of rotatable bonds is 4. The van der Waals surface area contributed by atoms with Crippen molar-refractivity contribution in [2.75, 3.05) is 5.32 Å². The highest BCUT2D eigenvalue weighted by molar-refractivity contribution is 6.30. The monoisotopic (exact) mass is 428 g/mol. The summed E-state index contributed by atoms with van der Waals surface area (Å²) in [5, 5.41) is 25.4. The Labute approximate surface area is 175 Å². The molecule has 0 bridgehead atoms. The number of halogens is 2. The lowest BCUT2D eigenvalue weighted by Gasteiger charge is -2.25. The number of anilines is 2. The van der Waals surface area contributed by atoms with Gasteiger partial charge in [-0.2, -0.15) is 14.8 Å². The Morgan fingerprint density at radius 3 is 2.80 bits per heavy atom. The molecule has 3 heterocycles. The Morgan fingerprint density at radius 1 is 1.17 bits per heavy atom. The fraction of sp³-hybridized carbons (Fsp3) is 0.316. The fourth-order valence-electron chi connectivity index (χ4n) is 3.63. The molecule has 1 fully saturated rings. The number of aliphatic hydroxyl groups excluding tert-OH is 1. The molecule has 30 heavy (non-hydrogen) atoms. The predicted molar refractivity (Wildman–Crippen MR) is 108 cm³/mol. The molecule has 0 radical (unpaired) electrons. The summed E-state index contributed by atoms with van der Waals surface area (Å²) in [7, 11) is 0. The second kappa shape index (κ2) is 7.62. The van der Waals surface area contributed by atoms with Crippen molar-refractivity contribution in [3.63, 3.8) is 0 Å². The number of aromatic nitrogens is 7. The molecule has 0 amide bonds. The molecule has 3 aromatic heterocycles. The zero-order chi connectivity index (χ0) is 20.7. The number of hydrogen-bond donors (Lipinski definition) is 2. The van der Waals surface area contributed by atoms with Crippen molar-refractivity contribution in [3.8, 4) is 5.69 Å². The number of hydrogen-bond acceptors (Lipinski definition) is 7. The summed E-state index contributed by atoms with van der Waals surface area (Å²) in [4.78, 5) is 8.75. The number of aliphatic hydroxyl groups is 1. The third-order valence-corrected chi connectivity index (χ3v) is 5.54. The van der Waals surface area contributed by atoms with Crippen molar-refractivity contribution < 1.29 is 9.50 Å². The third-order valence-electron chi connectivity index (χ3n) is 5.24. The van der Waals surface area contributed by atoms with E-state index in [4.69, 9.17) is 11.6 Å². The van der Waals surface area contributed by atoms with E-state index in [0.29, 0.717) is 22.8 Å². The molecular formula is C19H18ClFN8O. The second-order valence-corrected chi connectivity index (χ2v) is 7.71. The van der Waals surface area contributed by atoms with Gasteiger partial charge in [0.05, 0.1) is 40.9 Å². The number of benzene rings is 1. The van der Waals surface area contributed by atoms with Gasteiger partial charge in [-0.15, -0.1) is 5.10 Å². The van der Waals surface area contributed by atoms with Gasteiger partial charge in [0.2, 0.25) is 5.95 Å². The Morgan fingerprint density at radius 2 is 2.00 bits per heavy atom. The van der Waals surface area contributed by atoms with Crippen molar-refractivity contribution in [2.24, 2.45) is 0 Å². The second-order valence-electron chi connectivity index (χ2n) is 7.30. The van der Waals surface area contributed by atoms with Crippen LogP contribution in [0, 0.1) is 5.82 Å². The first-order chi connectivity index (χ1) is 14.6. The summed E-state index contributed by atoms with van der Waals surface area (Å²) in [6, 6.07) is 4.65. The van der Waals surface area contributed by atoms with E-state index in [9.17, 15) is 9.50 Å². The van der Waals surface area contributed by atoms with Crippen LogP contribution < -0.4 is 5.32 Å². The lowest BCUT2D eigenvalue weighted by atomic mass is 9.93. The average Bonchev–Trinajstić information content (AvgIpc) is 3.38. The molecule has 1 aliphatic carbocycles. The van der Waals surface area contributed by atoms with E-state index in [0.717, 1.165) is 31.4 Å². The SMILES string of the molecule is OC1CCC(n2cc(Nc3ncc4nnn(-c5ccc(Cl)c(F)c5)c4n3)cn2)CC1. The highest BCUT2D eigenvalue weighted by Crippen LogP contribution is 2.29. The zero-order valence-corrected chi connectivity index (χ0v) is 16.5. The number of nitrogens with one attached hydrogen (secondary N) is 1. The van der Waals surface area contributed by atoms with Crippen LogP contribution in [0.15, 0.2) is 36.8 Å². The maximum absolute atomic E-state index is 13.9. The van der Waals surface area contributed by atoms with E-state index in [1.54, 1.807) is 18.5 Å². The summed E-state index contributed by atoms with van der Waals surface area (Å²) in [5.41, 5.74) is 2.11. The summed E-state index contributed by atoms with van der Waals surface area (Å²) in [6.07, 6.45) is 8.32. The highest BCUT2D eigenvalue weighted by atomic mass is 35.5. The zero-order valence-electron chi connectivity index (χ0n) is 15.8. The van der Waals surface area contributed by atoms with E-state index >= 15 is 0 Å². The van der Waals surface area contributed by atoms with E-state index in [-0.39, 0.29) is 17.2 Å². The molecule has 9 nitrogen and oxygen atoms in total. The molecule has 0 atom stereocenters. The van der Waals surface area contributed by atoms with Gasteiger partial charge in [-0.3, -0.25) is 4.68 Å². The summed E-state index contributed by atoms with van der Waals surface area (Å²) >= 11 is 5.76. The topological polar surface area (TPSA) is 107 Å². The first-order valence-corrected chi connectivity index (χ1v) is 9.98. The molecule has 0 aliphatic heterocycles. The van der Waals surface area contributed by atoms with Gasteiger partial charge in [0.15, 0.2) is 11.2 Å². The van der Waals surface area contributed by atoms with Gasteiger partial charge < -0.3 is 10.4 Å². The molecule has 0 unspecified atom stereocenters. The van der Waals surface area contributed by atoms with Crippen molar-refractivity contribution in [3.05, 3.63) is 47.6 Å². The van der Waals surface area contributed by atoms with E-state index < -0.39 is 5.82 Å². The van der Waals surface area contributed by atoms with Crippen LogP contribution in [0.3, 0.4) is 0 Å². The summed E-state index contributed by atoms with van der Waals surface area (Å²) in [6.45, 7) is 0. The van der Waals surface area contributed by atoms with Crippen LogP contribution in [0.1, 0.15) is 31.7 Å². The van der Waals surface area contributed by atoms with E-state index in [1.807, 2.05) is 10.9 Å². The Kier molecular flexibility index (Phi) is 4.80. The van der Waals surface area contributed by atoms with Crippen LogP contribution in [-0.2, 0) is 0 Å². The van der Waals surface area contributed by atoms with Gasteiger partial charge in [-0.25, -0.2) is 9.37 Å². The van der Waals surface area contributed by atoms with Gasteiger partial charge in [-0.05, 0) is 37.8 Å². The first kappa shape index (κ1) is 18.9. The van der Waals surface area contributed by atoms with Crippen molar-refractivity contribution in [2.45, 2.75) is 37.8 Å². The molecule has 1 aromatic carbocycles. The molecular weight excluding hydrogens is 411 g/mol. The van der Waals surface area contributed by atoms with Crippen LogP contribution >= 0.6 is 11.6 Å². The minimum absolute atomic E-state index is 0.0321. The number of nitrogens with zero attached hydrogens (tertiary/aromatic N) is 7. The van der Waals surface area contributed by atoms with Crippen molar-refractivity contribution in [1.29, 1.82) is 0 Å². The standard InChI is InChI=1S/C19H18ClFN8O/c20-15-6-3-13(7-16(15)21)29-18-17(26-27-29)9-22-19(25-18)24-11-8-23-28(10-11)12-1-4-14(30)5-2-12/h3,6-10,12,14,30H,1-2,4-5H2,(H,22,24,25). The smallest absolute Gasteiger partial charge is 0.229 e. The van der Waals surface area contributed by atoms with Gasteiger partial charge in [-0.1, -0.05) is 16.8 Å². The Balaban J connectivity index is 1.40. The highest BCUT2D eigenvalue weighted by Gasteiger charge is 2.21. The van der Waals surface area contributed by atoms with Crippen LogP contribution in [0.2, 0.25) is 5.02 Å². The molecule has 11 heteroatoms. The minimum Gasteiger partial charge on any atom is -0.393 e. The van der Waals surface area contributed by atoms with Crippen molar-refractivity contribution >= 4 is 34.4 Å². The van der Waals surface area contributed by atoms with E-state index in [2.05, 4.69) is 30.7 Å². The molecule has 0 saturated heterocycles. The number of fused-ring (bicyclic) bond motifs is 1. The van der Waals surface area contributed by atoms with Gasteiger partial charge in [0.1, 0.15) is 5.82 Å². The summed E-state index contributed by atoms with van der Waals surface area (Å²) in [5.74, 6) is -0.202. The van der Waals surface area contributed by atoms with Gasteiger partial charge in [0.25, 0.3) is 0 Å². The van der Waals surface area contributed by atoms with Crippen LogP contribution in [-0.4, -0.2) is 46.0 Å². The maximum atomic E-state index is 13.9. The molecule has 1 saturated carbocycles. The summed E-state index contributed by atoms with van der Waals surface area (Å²) < 4.78 is 17.2.